The van der Waals surface area contributed by atoms with E-state index in [1.165, 1.54) is 21.8 Å². The average Bonchev–Trinajstić information content (AvgIpc) is 0.831. The second-order valence-corrected chi connectivity index (χ2v) is 32.0. The minimum atomic E-state index is -1.62. The van der Waals surface area contributed by atoms with Crippen LogP contribution in [0.25, 0.3) is 0 Å². The monoisotopic (exact) mass is 1570 g/mol. The maximum atomic E-state index is 14.3. The first kappa shape index (κ1) is 84.7. The van der Waals surface area contributed by atoms with E-state index in [2.05, 4.69) is 20.6 Å². The highest BCUT2D eigenvalue weighted by Crippen LogP contribution is 2.41. The van der Waals surface area contributed by atoms with Crippen molar-refractivity contribution < 1.29 is 137 Å². The first-order chi connectivity index (χ1) is 53.0. The highest BCUT2D eigenvalue weighted by Gasteiger charge is 2.56. The number of carbonyl (C=O) groups is 4. The molecule has 4 aliphatic carbocycles. The number of amides is 2. The third-order valence-corrected chi connectivity index (χ3v) is 23.8. The molecule has 0 radical (unpaired) electrons. The van der Waals surface area contributed by atoms with Gasteiger partial charge in [0.05, 0.1) is 88.7 Å². The van der Waals surface area contributed by atoms with Crippen molar-refractivity contribution in [1.82, 2.24) is 39.8 Å². The second kappa shape index (κ2) is 39.8. The summed E-state index contributed by atoms with van der Waals surface area (Å²) in [5, 5.41) is 126. The summed E-state index contributed by atoms with van der Waals surface area (Å²) in [7, 11) is 0. The lowest BCUT2D eigenvalue weighted by molar-refractivity contribution is -0.349. The van der Waals surface area contributed by atoms with Gasteiger partial charge in [0.15, 0.2) is 37.4 Å². The molecule has 2 aromatic heterocycles. The van der Waals surface area contributed by atoms with Crippen molar-refractivity contribution in [2.24, 2.45) is 23.7 Å². The Morgan fingerprint density at radius 1 is 0.436 bits per heavy atom. The van der Waals surface area contributed by atoms with Gasteiger partial charge in [0.2, 0.25) is 0 Å². The lowest BCUT2D eigenvalue weighted by atomic mass is 9.84. The molecule has 0 spiro atoms. The van der Waals surface area contributed by atoms with Gasteiger partial charge in [0.1, 0.15) is 110 Å². The summed E-state index contributed by atoms with van der Waals surface area (Å²) in [6, 6.07) is 0. The molecule has 6 saturated heterocycles. The number of hydrogen-bond acceptors (Lipinski definition) is 32. The van der Waals surface area contributed by atoms with Crippen LogP contribution in [0.1, 0.15) is 167 Å². The topological polar surface area (TPSA) is 468 Å². The molecule has 8 heterocycles. The SMILES string of the molecule is C[C@@H]1O[C@@H](O[C@@H]2[C@@H](C)CCC[C@H]2O[C@@H]2O[C@H](CO)[C@H](O)[C@H](O[C@@H](CC3CCCCC3)C(=O)N3CCC3)[C@H]2OC(=O)Cn2cc(COCCOCc3cn(CC(=O)O[C@H]4[C@H](O[C@@H]5CCC[C@H](C)[C@H]5O[C@@H]5O[C@@H](C)[C@@H](O)[C@@H](O)[C@@H]5O)O[C@H](CO)[C@H](O)[C@@H]4O[C@@H](CC4CCCCC4)C(=O)N4CCC4)nn3)nn2)[C@@H](O)[C@H](O)[C@@H]1O. The van der Waals surface area contributed by atoms with E-state index in [1.807, 2.05) is 13.8 Å². The van der Waals surface area contributed by atoms with Crippen LogP contribution in [0.15, 0.2) is 12.4 Å². The standard InChI is InChI=1S/C74H118N8O28/c1-39-15-11-21-47(63(39)109-71-61(93)59(91)55(87)41(3)99-71)103-73-67(65(57(89)51(35-83)105-73)101-49(69(95)79-23-13-24-79)29-43-17-7-5-8-18-43)107-53(85)33-81-31-45(75-77-81)37-97-27-28-98-38-46-32-82(78-76-46)34-54(86)108-68-66(102-50(70(96)80-25-14-26-80)30-44-19-9-6-10-20-44)58(90)52(36-84)106-74(68)104-48-22-12-16-40(2)64(48)110-72-62(94)60(92)56(88)42(4)100-72/h31-32,39-44,47-52,55-68,71-74,83-84,87-94H,5-30,33-38H2,1-4H3/t39-,40-,41-,42-,47+,48+,49-,50-,51+,52+,55+,56+,57-,58-,59+,60+,61-,62-,63+,64+,65-,66-,67+,68+,71-,72-,73+,74+/m0/s1. The summed E-state index contributed by atoms with van der Waals surface area (Å²) < 4.78 is 90.6. The summed E-state index contributed by atoms with van der Waals surface area (Å²) in [6.07, 6.45) is -15.5. The Morgan fingerprint density at radius 2 is 0.827 bits per heavy atom. The van der Waals surface area contributed by atoms with Crippen molar-refractivity contribution >= 4 is 23.8 Å². The molecule has 12 rings (SSSR count). The summed E-state index contributed by atoms with van der Waals surface area (Å²) >= 11 is 0. The van der Waals surface area contributed by atoms with Gasteiger partial charge in [-0.15, -0.1) is 10.2 Å². The van der Waals surface area contributed by atoms with E-state index in [0.29, 0.717) is 88.9 Å². The fraction of sp³-hybridized carbons (Fsp3) is 0.892. The fourth-order valence-electron chi connectivity index (χ4n) is 17.0. The molecule has 0 unspecified atom stereocenters. The third kappa shape index (κ3) is 21.1. The van der Waals surface area contributed by atoms with Crippen molar-refractivity contribution in [2.45, 2.75) is 342 Å². The first-order valence-electron chi connectivity index (χ1n) is 40.1. The lowest BCUT2D eigenvalue weighted by Crippen LogP contribution is -2.64. The number of aliphatic hydroxyl groups excluding tert-OH is 10. The number of aromatic nitrogens is 6. The quantitative estimate of drug-likeness (QED) is 0.0313. The Balaban J connectivity index is 0.671. The van der Waals surface area contributed by atoms with E-state index < -0.39 is 198 Å². The molecule has 10 fully saturated rings. The largest absolute Gasteiger partial charge is 0.453 e. The Kier molecular flexibility index (Phi) is 30.6. The maximum absolute atomic E-state index is 14.3. The minimum Gasteiger partial charge on any atom is -0.453 e. The molecule has 2 amide bonds. The molecule has 4 saturated carbocycles. The summed E-state index contributed by atoms with van der Waals surface area (Å²) in [5.41, 5.74) is 0.661. The number of esters is 2. The highest BCUT2D eigenvalue weighted by molar-refractivity contribution is 5.82. The number of hydrogen-bond donors (Lipinski definition) is 10. The molecule has 110 heavy (non-hydrogen) atoms. The summed E-state index contributed by atoms with van der Waals surface area (Å²) in [4.78, 5) is 60.6. The van der Waals surface area contributed by atoms with Crippen LogP contribution in [0.5, 0.6) is 0 Å². The van der Waals surface area contributed by atoms with Crippen LogP contribution >= 0.6 is 0 Å². The van der Waals surface area contributed by atoms with Gasteiger partial charge in [-0.25, -0.2) is 9.36 Å². The van der Waals surface area contributed by atoms with E-state index in [0.717, 1.165) is 77.0 Å². The number of nitrogens with zero attached hydrogens (tertiary/aromatic N) is 8. The second-order valence-electron chi connectivity index (χ2n) is 32.0. The zero-order chi connectivity index (χ0) is 77.9. The molecule has 36 nitrogen and oxygen atoms in total. The molecule has 2 aromatic rings. The minimum absolute atomic E-state index is 0.0581. The molecule has 0 aromatic carbocycles. The molecule has 36 heteroatoms. The Hall–Kier alpha value is -4.72. The van der Waals surface area contributed by atoms with E-state index in [1.54, 1.807) is 23.6 Å². The van der Waals surface area contributed by atoms with Crippen LogP contribution in [-0.4, -0.2) is 327 Å². The smallest absolute Gasteiger partial charge is 0.328 e. The summed E-state index contributed by atoms with van der Waals surface area (Å²) in [5.74, 6) is -2.39. The predicted octanol–water partition coefficient (Wildman–Crippen LogP) is -0.668. The normalized spacial score (nSPS) is 38.1. The van der Waals surface area contributed by atoms with Gasteiger partial charge in [-0.3, -0.25) is 19.2 Å². The van der Waals surface area contributed by atoms with Crippen molar-refractivity contribution in [3.05, 3.63) is 23.8 Å². The van der Waals surface area contributed by atoms with Gasteiger partial charge in [0, 0.05) is 26.2 Å². The van der Waals surface area contributed by atoms with Gasteiger partial charge in [-0.05, 0) is 88.9 Å². The lowest BCUT2D eigenvalue weighted by Gasteiger charge is -2.48. The van der Waals surface area contributed by atoms with E-state index in [9.17, 15) is 70.2 Å². The van der Waals surface area contributed by atoms with Gasteiger partial charge >= 0.3 is 11.9 Å². The van der Waals surface area contributed by atoms with E-state index in [4.69, 9.17) is 66.3 Å². The molecule has 10 aliphatic rings. The molecule has 10 N–H and O–H groups in total. The van der Waals surface area contributed by atoms with Crippen molar-refractivity contribution in [1.29, 1.82) is 0 Å². The summed E-state index contributed by atoms with van der Waals surface area (Å²) in [6.45, 7) is 6.65. The number of rotatable bonds is 33. The predicted molar refractivity (Wildman–Crippen MR) is 375 cm³/mol. The van der Waals surface area contributed by atoms with E-state index in [-0.39, 0.29) is 61.9 Å². The Bertz CT molecular complexity index is 2990. The highest BCUT2D eigenvalue weighted by atomic mass is 16.8. The van der Waals surface area contributed by atoms with Gasteiger partial charge in [-0.1, -0.05) is 101 Å². The third-order valence-electron chi connectivity index (χ3n) is 23.8. The van der Waals surface area contributed by atoms with Crippen molar-refractivity contribution in [3.63, 3.8) is 0 Å². The van der Waals surface area contributed by atoms with Crippen molar-refractivity contribution in [2.75, 3.05) is 52.6 Å². The zero-order valence-electron chi connectivity index (χ0n) is 63.5. The Labute approximate surface area is 639 Å². The fourth-order valence-corrected chi connectivity index (χ4v) is 17.0. The number of carbonyl (C=O) groups excluding carboxylic acids is 4. The number of ether oxygens (including phenoxy) is 14. The Morgan fingerprint density at radius 3 is 1.19 bits per heavy atom. The number of likely N-dealkylation sites (tertiary alicyclic amines) is 2. The zero-order valence-corrected chi connectivity index (χ0v) is 63.5. The molecular formula is C74H118N8O28. The van der Waals surface area contributed by atoms with Crippen LogP contribution < -0.4 is 0 Å². The van der Waals surface area contributed by atoms with Crippen LogP contribution in [0.4, 0.5) is 0 Å². The average molecular weight is 1570 g/mol. The molecule has 6 aliphatic heterocycles. The van der Waals surface area contributed by atoms with E-state index >= 15 is 0 Å². The van der Waals surface area contributed by atoms with Gasteiger partial charge in [0.25, 0.3) is 11.8 Å². The van der Waals surface area contributed by atoms with Crippen LogP contribution in [-0.2, 0) is 112 Å². The van der Waals surface area contributed by atoms with Crippen LogP contribution in [0, 0.1) is 23.7 Å². The molecular weight excluding hydrogens is 1450 g/mol. The van der Waals surface area contributed by atoms with Gasteiger partial charge < -0.3 is 127 Å². The molecule has 28 atom stereocenters. The van der Waals surface area contributed by atoms with Crippen LogP contribution in [0.2, 0.25) is 0 Å². The van der Waals surface area contributed by atoms with Crippen molar-refractivity contribution in [3.8, 4) is 0 Å². The van der Waals surface area contributed by atoms with Crippen LogP contribution in [0.3, 0.4) is 0 Å². The van der Waals surface area contributed by atoms with Gasteiger partial charge in [-0.2, -0.15) is 0 Å². The number of aliphatic hydroxyl groups is 10. The molecule has 622 valence electrons. The molecule has 0 bridgehead atoms. The maximum Gasteiger partial charge on any atom is 0.328 e. The first-order valence-corrected chi connectivity index (χ1v) is 40.1.